The first-order valence-corrected chi connectivity index (χ1v) is 6.20. The van der Waals surface area contributed by atoms with Gasteiger partial charge in [0.1, 0.15) is 0 Å². The molecule has 70 valence electrons. The average Bonchev–Trinajstić information content (AvgIpc) is 2.47. The normalized spacial score (nSPS) is 15.2. The lowest BCUT2D eigenvalue weighted by molar-refractivity contribution is 0.609. The SMILES string of the molecule is O=S(=O)(Cl)c1ccc2c(c1)CCN2. The van der Waals surface area contributed by atoms with Gasteiger partial charge in [0.15, 0.2) is 0 Å². The molecule has 5 heteroatoms. The zero-order valence-electron chi connectivity index (χ0n) is 6.75. The molecule has 0 atom stereocenters. The lowest BCUT2D eigenvalue weighted by Gasteiger charge is -2.00. The Labute approximate surface area is 81.1 Å². The van der Waals surface area contributed by atoms with Crippen molar-refractivity contribution in [2.75, 3.05) is 11.9 Å². The van der Waals surface area contributed by atoms with E-state index < -0.39 is 9.05 Å². The van der Waals surface area contributed by atoms with Crippen molar-refractivity contribution in [3.05, 3.63) is 23.8 Å². The van der Waals surface area contributed by atoms with Crippen molar-refractivity contribution in [1.82, 2.24) is 0 Å². The Morgan fingerprint density at radius 2 is 2.15 bits per heavy atom. The molecule has 0 radical (unpaired) electrons. The van der Waals surface area contributed by atoms with E-state index in [1.165, 1.54) is 6.07 Å². The van der Waals surface area contributed by atoms with Gasteiger partial charge >= 0.3 is 0 Å². The first kappa shape index (κ1) is 8.84. The number of rotatable bonds is 1. The minimum atomic E-state index is -3.58. The smallest absolute Gasteiger partial charge is 0.261 e. The summed E-state index contributed by atoms with van der Waals surface area (Å²) < 4.78 is 22.0. The Balaban J connectivity index is 2.54. The predicted molar refractivity (Wildman–Crippen MR) is 51.7 cm³/mol. The van der Waals surface area contributed by atoms with Gasteiger partial charge in [0.25, 0.3) is 9.05 Å². The molecule has 1 aliphatic heterocycles. The molecule has 0 saturated heterocycles. The van der Waals surface area contributed by atoms with Crippen LogP contribution in [0.15, 0.2) is 23.1 Å². The van der Waals surface area contributed by atoms with Gasteiger partial charge in [0.05, 0.1) is 4.90 Å². The second kappa shape index (κ2) is 2.89. The highest BCUT2D eigenvalue weighted by Crippen LogP contribution is 2.26. The number of halogens is 1. The molecule has 0 saturated carbocycles. The van der Waals surface area contributed by atoms with E-state index in [1.54, 1.807) is 12.1 Å². The molecule has 0 aromatic heterocycles. The van der Waals surface area contributed by atoms with E-state index in [9.17, 15) is 8.42 Å². The molecule has 1 heterocycles. The van der Waals surface area contributed by atoms with Crippen molar-refractivity contribution in [3.8, 4) is 0 Å². The molecular weight excluding hydrogens is 210 g/mol. The van der Waals surface area contributed by atoms with Gasteiger partial charge in [-0.05, 0) is 30.2 Å². The number of fused-ring (bicyclic) bond motifs is 1. The average molecular weight is 218 g/mol. The Morgan fingerprint density at radius 3 is 2.85 bits per heavy atom. The first-order valence-electron chi connectivity index (χ1n) is 3.89. The zero-order chi connectivity index (χ0) is 9.47. The lowest BCUT2D eigenvalue weighted by atomic mass is 10.2. The van der Waals surface area contributed by atoms with Crippen molar-refractivity contribution in [2.24, 2.45) is 0 Å². The fraction of sp³-hybridized carbons (Fsp3) is 0.250. The minimum Gasteiger partial charge on any atom is -0.384 e. The van der Waals surface area contributed by atoms with Crippen LogP contribution in [0, 0.1) is 0 Å². The van der Waals surface area contributed by atoms with Crippen LogP contribution in [-0.2, 0) is 15.5 Å². The predicted octanol–water partition coefficient (Wildman–Crippen LogP) is 1.58. The monoisotopic (exact) mass is 217 g/mol. The van der Waals surface area contributed by atoms with Crippen molar-refractivity contribution in [3.63, 3.8) is 0 Å². The van der Waals surface area contributed by atoms with Gasteiger partial charge in [-0.1, -0.05) is 0 Å². The van der Waals surface area contributed by atoms with Crippen molar-refractivity contribution >= 4 is 25.4 Å². The van der Waals surface area contributed by atoms with E-state index in [-0.39, 0.29) is 4.90 Å². The molecule has 0 unspecified atom stereocenters. The van der Waals surface area contributed by atoms with Crippen molar-refractivity contribution < 1.29 is 8.42 Å². The summed E-state index contributed by atoms with van der Waals surface area (Å²) in [4.78, 5) is 0.177. The second-order valence-electron chi connectivity index (χ2n) is 2.93. The molecular formula is C8H8ClNO2S. The quantitative estimate of drug-likeness (QED) is 0.727. The van der Waals surface area contributed by atoms with Crippen LogP contribution in [0.4, 0.5) is 5.69 Å². The maximum absolute atomic E-state index is 11.0. The molecule has 0 amide bonds. The molecule has 1 aromatic carbocycles. The lowest BCUT2D eigenvalue weighted by Crippen LogP contribution is -1.92. The maximum Gasteiger partial charge on any atom is 0.261 e. The van der Waals surface area contributed by atoms with E-state index in [2.05, 4.69) is 5.32 Å². The Hall–Kier alpha value is -0.740. The molecule has 0 spiro atoms. The third kappa shape index (κ3) is 1.64. The van der Waals surface area contributed by atoms with E-state index in [0.29, 0.717) is 0 Å². The van der Waals surface area contributed by atoms with Crippen molar-refractivity contribution in [1.29, 1.82) is 0 Å². The van der Waals surface area contributed by atoms with Crippen LogP contribution in [0.5, 0.6) is 0 Å². The molecule has 2 rings (SSSR count). The molecule has 1 N–H and O–H groups in total. The highest BCUT2D eigenvalue weighted by Gasteiger charge is 2.15. The highest BCUT2D eigenvalue weighted by molar-refractivity contribution is 8.13. The third-order valence-corrected chi connectivity index (χ3v) is 3.42. The molecule has 13 heavy (non-hydrogen) atoms. The second-order valence-corrected chi connectivity index (χ2v) is 5.50. The third-order valence-electron chi connectivity index (χ3n) is 2.07. The fourth-order valence-corrected chi connectivity index (χ4v) is 2.23. The van der Waals surface area contributed by atoms with Gasteiger partial charge in [0.2, 0.25) is 0 Å². The van der Waals surface area contributed by atoms with E-state index >= 15 is 0 Å². The van der Waals surface area contributed by atoms with Crippen LogP contribution in [0.25, 0.3) is 0 Å². The minimum absolute atomic E-state index is 0.177. The van der Waals surface area contributed by atoms with Crippen LogP contribution in [0.1, 0.15) is 5.56 Å². The molecule has 1 aromatic rings. The topological polar surface area (TPSA) is 46.2 Å². The Kier molecular flexibility index (Phi) is 1.96. The summed E-state index contributed by atoms with van der Waals surface area (Å²) in [5, 5.41) is 3.14. The van der Waals surface area contributed by atoms with Crippen LogP contribution in [0.3, 0.4) is 0 Å². The van der Waals surface area contributed by atoms with Gasteiger partial charge < -0.3 is 5.32 Å². The Morgan fingerprint density at radius 1 is 1.38 bits per heavy atom. The molecule has 0 bridgehead atoms. The zero-order valence-corrected chi connectivity index (χ0v) is 8.32. The first-order chi connectivity index (χ1) is 6.07. The number of benzene rings is 1. The summed E-state index contributed by atoms with van der Waals surface area (Å²) in [5.74, 6) is 0. The van der Waals surface area contributed by atoms with Gasteiger partial charge in [-0.15, -0.1) is 0 Å². The van der Waals surface area contributed by atoms with E-state index in [0.717, 1.165) is 24.2 Å². The summed E-state index contributed by atoms with van der Waals surface area (Å²) >= 11 is 0. The number of nitrogens with one attached hydrogen (secondary N) is 1. The number of anilines is 1. The van der Waals surface area contributed by atoms with Gasteiger partial charge in [-0.3, -0.25) is 0 Å². The summed E-state index contributed by atoms with van der Waals surface area (Å²) in [6, 6.07) is 4.88. The summed E-state index contributed by atoms with van der Waals surface area (Å²) in [6.45, 7) is 0.862. The van der Waals surface area contributed by atoms with Crippen LogP contribution in [-0.4, -0.2) is 15.0 Å². The maximum atomic E-state index is 11.0. The molecule has 3 nitrogen and oxygen atoms in total. The fourth-order valence-electron chi connectivity index (χ4n) is 1.43. The standard InChI is InChI=1S/C8H8ClNO2S/c9-13(11,12)7-1-2-8-6(5-7)3-4-10-8/h1-2,5,10H,3-4H2. The van der Waals surface area contributed by atoms with Crippen LogP contribution in [0.2, 0.25) is 0 Å². The van der Waals surface area contributed by atoms with Crippen LogP contribution < -0.4 is 5.32 Å². The van der Waals surface area contributed by atoms with E-state index in [4.69, 9.17) is 10.7 Å². The summed E-state index contributed by atoms with van der Waals surface area (Å²) in [6.07, 6.45) is 0.857. The molecule has 0 aliphatic carbocycles. The molecule has 0 fully saturated rings. The van der Waals surface area contributed by atoms with Gasteiger partial charge in [0, 0.05) is 22.9 Å². The Bertz CT molecular complexity index is 441. The largest absolute Gasteiger partial charge is 0.384 e. The van der Waals surface area contributed by atoms with E-state index in [1.807, 2.05) is 0 Å². The summed E-state index contributed by atoms with van der Waals surface area (Å²) in [7, 11) is 1.63. The molecule has 1 aliphatic rings. The van der Waals surface area contributed by atoms with Gasteiger partial charge in [-0.25, -0.2) is 8.42 Å². The van der Waals surface area contributed by atoms with Gasteiger partial charge in [-0.2, -0.15) is 0 Å². The van der Waals surface area contributed by atoms with Crippen LogP contribution >= 0.6 is 10.7 Å². The highest BCUT2D eigenvalue weighted by atomic mass is 35.7. The summed E-state index contributed by atoms with van der Waals surface area (Å²) in [5.41, 5.74) is 2.02. The number of hydrogen-bond donors (Lipinski definition) is 1. The number of hydrogen-bond acceptors (Lipinski definition) is 3. The van der Waals surface area contributed by atoms with Crippen molar-refractivity contribution in [2.45, 2.75) is 11.3 Å².